The predicted molar refractivity (Wildman–Crippen MR) is 370 cm³/mol. The van der Waals surface area contributed by atoms with E-state index in [-0.39, 0.29) is 0 Å². The molecule has 0 saturated heterocycles. The maximum absolute atomic E-state index is 5.90. The number of rotatable bonds is 12. The van der Waals surface area contributed by atoms with E-state index in [0.717, 1.165) is 82.8 Å². The second-order valence-corrected chi connectivity index (χ2v) is 28.7. The van der Waals surface area contributed by atoms with Crippen molar-refractivity contribution in [2.45, 2.75) is 39.2 Å². The minimum absolute atomic E-state index is 0.580. The zero-order chi connectivity index (χ0) is 58.9. The highest BCUT2D eigenvalue weighted by Gasteiger charge is 2.36. The lowest BCUT2D eigenvalue weighted by molar-refractivity contribution is 0.952. The van der Waals surface area contributed by atoms with Gasteiger partial charge >= 0.3 is 0 Å². The smallest absolute Gasteiger partial charge is 0.237 e. The van der Waals surface area contributed by atoms with E-state index in [2.05, 4.69) is 359 Å². The fourth-order valence-electron chi connectivity index (χ4n) is 14.0. The van der Waals surface area contributed by atoms with Gasteiger partial charge in [0.1, 0.15) is 5.82 Å². The van der Waals surface area contributed by atoms with Crippen molar-refractivity contribution >= 4 is 85.5 Å². The van der Waals surface area contributed by atoms with Crippen LogP contribution in [0.4, 0.5) is 0 Å². The van der Waals surface area contributed by atoms with Gasteiger partial charge in [-0.2, -0.15) is 4.98 Å². The molecule has 17 aromatic rings. The Balaban J connectivity index is 0.952. The van der Waals surface area contributed by atoms with Crippen LogP contribution >= 0.6 is 20.1 Å². The summed E-state index contributed by atoms with van der Waals surface area (Å²) in [4.78, 5) is 21.8. The highest BCUT2D eigenvalue weighted by Crippen LogP contribution is 2.75. The van der Waals surface area contributed by atoms with Crippen molar-refractivity contribution in [3.8, 4) is 28.7 Å². The predicted octanol–water partition coefficient (Wildman–Crippen LogP) is 22.1. The van der Waals surface area contributed by atoms with Crippen LogP contribution in [0.1, 0.15) is 0 Å². The summed E-state index contributed by atoms with van der Waals surface area (Å²) >= 11 is 0. The van der Waals surface area contributed by atoms with Gasteiger partial charge in [0.05, 0.1) is 38.8 Å². The van der Waals surface area contributed by atoms with E-state index in [1.54, 1.807) is 0 Å². The molecule has 0 radical (unpaired) electrons. The van der Waals surface area contributed by atoms with Gasteiger partial charge in [0.15, 0.2) is 0 Å². The molecule has 4 heterocycles. The average Bonchev–Trinajstić information content (AvgIpc) is 1.55. The summed E-state index contributed by atoms with van der Waals surface area (Å²) in [6.07, 6.45) is 0. The van der Waals surface area contributed by atoms with Crippen LogP contribution in [-0.2, 0) is 0 Å². The Morgan fingerprint density at radius 3 is 1.11 bits per heavy atom. The molecule has 0 saturated carbocycles. The molecule has 0 unspecified atom stereocenters. The van der Waals surface area contributed by atoms with Gasteiger partial charge in [0.25, 0.3) is 0 Å². The normalized spacial score (nSPS) is 12.4. The second-order valence-electron chi connectivity index (χ2n) is 22.5. The molecule has 422 valence electrons. The molecule has 13 aromatic carbocycles. The molecule has 0 spiro atoms. The highest BCUT2D eigenvalue weighted by atomic mass is 32.3. The third-order valence-corrected chi connectivity index (χ3v) is 25.5. The van der Waals surface area contributed by atoms with E-state index in [1.165, 1.54) is 44.6 Å². The molecule has 0 N–H and O–H groups in total. The summed E-state index contributed by atoms with van der Waals surface area (Å²) in [6, 6.07) is 127. The SMILES string of the molecule is c1ccc(-n2c3ccccc3c3c2ccc2c4ccccc4n(-c4cc(-c5ccc(S(c6ccccc6)(c6ccccc6)c6ccccc6)cc5)nc(-n5c6ccccc6c6cc(S(c7ccccc7)(c7ccccc7)c7ccccc7)ccc65)n4)c23)cc1. The Morgan fingerprint density at radius 2 is 0.607 bits per heavy atom. The van der Waals surface area contributed by atoms with Crippen molar-refractivity contribution < 1.29 is 0 Å². The fraction of sp³-hybridized carbons (Fsp3) is 0. The first-order valence-corrected chi connectivity index (χ1v) is 33.5. The minimum atomic E-state index is -2.01. The van der Waals surface area contributed by atoms with Gasteiger partial charge in [-0.05, 0) is 140 Å². The lowest BCUT2D eigenvalue weighted by atomic mass is 10.1. The Kier molecular flexibility index (Phi) is 12.6. The average molecular weight is 1180 g/mol. The topological polar surface area (TPSA) is 40.6 Å². The lowest BCUT2D eigenvalue weighted by Crippen LogP contribution is -2.08. The second kappa shape index (κ2) is 21.5. The van der Waals surface area contributed by atoms with Crippen molar-refractivity contribution in [3.63, 3.8) is 0 Å². The largest absolute Gasteiger partial charge is 0.309 e. The summed E-state index contributed by atoms with van der Waals surface area (Å²) in [6.45, 7) is 0. The quantitative estimate of drug-likeness (QED) is 0.122. The number of benzene rings is 13. The van der Waals surface area contributed by atoms with Gasteiger partial charge in [-0.3, -0.25) is 9.13 Å². The van der Waals surface area contributed by atoms with Gasteiger partial charge in [-0.25, -0.2) is 4.98 Å². The van der Waals surface area contributed by atoms with Crippen LogP contribution in [0.25, 0.3) is 94.1 Å². The molecule has 0 aliphatic carbocycles. The van der Waals surface area contributed by atoms with Gasteiger partial charge < -0.3 is 4.57 Å². The molecule has 7 heteroatoms. The van der Waals surface area contributed by atoms with Crippen molar-refractivity contribution in [1.82, 2.24) is 23.7 Å². The number of hydrogen-bond donors (Lipinski definition) is 0. The van der Waals surface area contributed by atoms with Crippen molar-refractivity contribution in [2.24, 2.45) is 0 Å². The van der Waals surface area contributed by atoms with E-state index in [9.17, 15) is 0 Å². The van der Waals surface area contributed by atoms with E-state index >= 15 is 0 Å². The summed E-state index contributed by atoms with van der Waals surface area (Å²) in [5.74, 6) is 1.35. The van der Waals surface area contributed by atoms with Crippen molar-refractivity contribution in [3.05, 3.63) is 346 Å². The van der Waals surface area contributed by atoms with E-state index < -0.39 is 20.1 Å². The van der Waals surface area contributed by atoms with Gasteiger partial charge in [-0.15, -0.1) is 20.1 Å². The van der Waals surface area contributed by atoms with Crippen LogP contribution in [0.2, 0.25) is 0 Å². The number of nitrogens with zero attached hydrogens (tertiary/aromatic N) is 5. The van der Waals surface area contributed by atoms with E-state index in [0.29, 0.717) is 5.95 Å². The van der Waals surface area contributed by atoms with Gasteiger partial charge in [-0.1, -0.05) is 200 Å². The van der Waals surface area contributed by atoms with Crippen LogP contribution in [0, 0.1) is 0 Å². The molecule has 0 fully saturated rings. The first-order chi connectivity index (χ1) is 44.2. The standard InChI is InChI=1S/C82H57N5S2/c1-8-28-59(29-9-1)85-76-47-27-24-44-71(76)80-78(85)55-53-70-68-42-22-26-46-75(68)87(81(70)80)79-57-73(58-48-50-66(51-49-58)88(60-30-10-2-11-31-60,61-32-12-3-13-33-61)62-34-14-4-15-35-62)83-82(84-79)86-74-45-25-23-43-69(74)72-56-67(52-54-77(72)86)89(63-36-16-5-17-37-63,64-38-18-6-19-39-64)65-40-20-7-21-41-65/h1-57H. The molecule has 0 aliphatic heterocycles. The van der Waals surface area contributed by atoms with Gasteiger partial charge in [0.2, 0.25) is 5.95 Å². The Labute approximate surface area is 519 Å². The Hall–Kier alpha value is -11.0. The molecule has 17 rings (SSSR count). The molecule has 4 aromatic heterocycles. The summed E-state index contributed by atoms with van der Waals surface area (Å²) in [7, 11) is -3.97. The lowest BCUT2D eigenvalue weighted by Gasteiger charge is -2.42. The monoisotopic (exact) mass is 1180 g/mol. The summed E-state index contributed by atoms with van der Waals surface area (Å²) in [5.41, 5.74) is 9.37. The summed E-state index contributed by atoms with van der Waals surface area (Å²) < 4.78 is 7.12. The van der Waals surface area contributed by atoms with Crippen LogP contribution in [0.15, 0.2) is 385 Å². The van der Waals surface area contributed by atoms with E-state index in [1.807, 2.05) is 0 Å². The summed E-state index contributed by atoms with van der Waals surface area (Å²) in [5, 5.41) is 6.90. The maximum Gasteiger partial charge on any atom is 0.237 e. The Morgan fingerprint density at radius 1 is 0.236 bits per heavy atom. The number of para-hydroxylation sites is 4. The van der Waals surface area contributed by atoms with Gasteiger partial charge in [0, 0.05) is 88.8 Å². The molecule has 0 aliphatic rings. The molecule has 0 amide bonds. The molecule has 0 bridgehead atoms. The third kappa shape index (κ3) is 8.20. The number of aromatic nitrogens is 5. The third-order valence-electron chi connectivity index (χ3n) is 17.7. The first-order valence-electron chi connectivity index (χ1n) is 30.2. The van der Waals surface area contributed by atoms with Crippen molar-refractivity contribution in [1.29, 1.82) is 0 Å². The molecular formula is C82H57N5S2. The van der Waals surface area contributed by atoms with Crippen LogP contribution < -0.4 is 0 Å². The molecular weight excluding hydrogens is 1120 g/mol. The molecule has 0 atom stereocenters. The molecule has 5 nitrogen and oxygen atoms in total. The fourth-order valence-corrected chi connectivity index (χ4v) is 21.7. The molecule has 89 heavy (non-hydrogen) atoms. The van der Waals surface area contributed by atoms with Crippen molar-refractivity contribution in [2.75, 3.05) is 0 Å². The Bertz CT molecular complexity index is 5270. The van der Waals surface area contributed by atoms with E-state index in [4.69, 9.17) is 9.97 Å². The number of fused-ring (bicyclic) bond motifs is 10. The minimum Gasteiger partial charge on any atom is -0.309 e. The first kappa shape index (κ1) is 52.4. The zero-order valence-corrected chi connectivity index (χ0v) is 50.1. The highest BCUT2D eigenvalue weighted by molar-refractivity contribution is 8.34. The zero-order valence-electron chi connectivity index (χ0n) is 48.5. The van der Waals surface area contributed by atoms with Crippen LogP contribution in [-0.4, -0.2) is 23.7 Å². The maximum atomic E-state index is 5.90. The van der Waals surface area contributed by atoms with Crippen LogP contribution in [0.5, 0.6) is 0 Å². The number of hydrogen-bond acceptors (Lipinski definition) is 2. The van der Waals surface area contributed by atoms with Crippen LogP contribution in [0.3, 0.4) is 0 Å².